The Labute approximate surface area is 229 Å². The first-order valence-electron chi connectivity index (χ1n) is 11.5. The van der Waals surface area contributed by atoms with Gasteiger partial charge in [-0.1, -0.05) is 5.16 Å². The third kappa shape index (κ3) is 5.08. The molecule has 14 nitrogen and oxygen atoms in total. The molecule has 0 aromatic carbocycles. The fourth-order valence-electron chi connectivity index (χ4n) is 4.28. The number of nitrogens with one attached hydrogen (secondary N) is 2. The SMILES string of the molecule is CO/N=C(/C(=O)N[C@@H]1C(=O)N2C(C(=O)[O-])=C(C[n+]3cccc(-c4cc(CO)[nH]n4)c3)CS[C@H]12)c1csc(N)n1. The number of oxime groups is 1. The molecule has 0 unspecified atom stereocenters. The average Bonchev–Trinajstić information content (AvgIpc) is 3.59. The maximum absolute atomic E-state index is 13.1. The van der Waals surface area contributed by atoms with Crippen molar-refractivity contribution >= 4 is 51.7 Å². The highest BCUT2D eigenvalue weighted by Crippen LogP contribution is 2.40. The van der Waals surface area contributed by atoms with Crippen LogP contribution in [0.15, 0.2) is 52.4 Å². The number of fused-ring (bicyclic) bond motifs is 1. The molecule has 3 aromatic rings. The summed E-state index contributed by atoms with van der Waals surface area (Å²) in [5, 5.41) is 35.8. The van der Waals surface area contributed by atoms with Gasteiger partial charge in [-0.2, -0.15) is 5.10 Å². The summed E-state index contributed by atoms with van der Waals surface area (Å²) in [5.41, 5.74) is 7.88. The lowest BCUT2D eigenvalue weighted by Crippen LogP contribution is -2.71. The van der Waals surface area contributed by atoms with Gasteiger partial charge in [0.2, 0.25) is 0 Å². The Balaban J connectivity index is 1.34. The number of pyridine rings is 1. The van der Waals surface area contributed by atoms with Crippen LogP contribution in [0.2, 0.25) is 0 Å². The van der Waals surface area contributed by atoms with Gasteiger partial charge in [-0.15, -0.1) is 23.1 Å². The molecule has 0 spiro atoms. The Morgan fingerprint density at radius 3 is 2.95 bits per heavy atom. The van der Waals surface area contributed by atoms with Crippen molar-refractivity contribution in [2.24, 2.45) is 5.16 Å². The molecule has 2 aliphatic rings. The van der Waals surface area contributed by atoms with Gasteiger partial charge in [0.25, 0.3) is 11.8 Å². The van der Waals surface area contributed by atoms with E-state index >= 15 is 0 Å². The zero-order valence-electron chi connectivity index (χ0n) is 20.4. The van der Waals surface area contributed by atoms with Crippen molar-refractivity contribution < 1.29 is 34.0 Å². The Bertz CT molecular complexity index is 1520. The largest absolute Gasteiger partial charge is 0.543 e. The van der Waals surface area contributed by atoms with Crippen LogP contribution in [0.1, 0.15) is 11.4 Å². The third-order valence-corrected chi connectivity index (χ3v) is 8.03. The number of β-lactam (4-membered cyclic amide) rings is 1. The van der Waals surface area contributed by atoms with E-state index in [4.69, 9.17) is 10.6 Å². The highest BCUT2D eigenvalue weighted by molar-refractivity contribution is 8.00. The first-order valence-corrected chi connectivity index (χ1v) is 13.4. The molecule has 5 heterocycles. The third-order valence-electron chi connectivity index (χ3n) is 6.02. The Morgan fingerprint density at radius 2 is 2.28 bits per heavy atom. The summed E-state index contributed by atoms with van der Waals surface area (Å²) in [4.78, 5) is 48.1. The Morgan fingerprint density at radius 1 is 1.46 bits per heavy atom. The number of carboxylic acid groups (broad SMARTS) is 1. The molecule has 3 aromatic heterocycles. The fraction of sp³-hybridized carbons (Fsp3) is 0.261. The van der Waals surface area contributed by atoms with Crippen molar-refractivity contribution in [3.05, 3.63) is 58.6 Å². The highest BCUT2D eigenvalue weighted by atomic mass is 32.2. The zero-order chi connectivity index (χ0) is 27.7. The number of carboxylic acids is 1. The van der Waals surface area contributed by atoms with Crippen molar-refractivity contribution in [1.29, 1.82) is 0 Å². The van der Waals surface area contributed by atoms with Crippen LogP contribution in [0, 0.1) is 0 Å². The number of thioether (sulfide) groups is 1. The van der Waals surface area contributed by atoms with Gasteiger partial charge >= 0.3 is 0 Å². The number of aliphatic carboxylic acids is 1. The van der Waals surface area contributed by atoms with Crippen molar-refractivity contribution in [1.82, 2.24) is 25.4 Å². The fourth-order valence-corrected chi connectivity index (χ4v) is 6.16. The summed E-state index contributed by atoms with van der Waals surface area (Å²) in [6.45, 7) is 0.0102. The van der Waals surface area contributed by atoms with E-state index in [2.05, 4.69) is 25.7 Å². The summed E-state index contributed by atoms with van der Waals surface area (Å²) in [6, 6.07) is 4.36. The number of hydrogen-bond acceptors (Lipinski definition) is 12. The molecule has 5 rings (SSSR count). The quantitative estimate of drug-likeness (QED) is 0.0999. The van der Waals surface area contributed by atoms with Crippen LogP contribution in [-0.4, -0.2) is 73.0 Å². The molecule has 2 aliphatic heterocycles. The summed E-state index contributed by atoms with van der Waals surface area (Å²) < 4.78 is 1.78. The molecule has 202 valence electrons. The number of carbonyl (C=O) groups excluding carboxylic acids is 3. The second-order valence-electron chi connectivity index (χ2n) is 8.50. The first kappa shape index (κ1) is 26.3. The molecular formula is C23H22N8O6S2. The number of nitrogens with two attached hydrogens (primary N) is 1. The smallest absolute Gasteiger partial charge is 0.276 e. The minimum absolute atomic E-state index is 0.159. The number of amides is 2. The van der Waals surface area contributed by atoms with Crippen molar-refractivity contribution in [3.8, 4) is 11.3 Å². The lowest BCUT2D eigenvalue weighted by molar-refractivity contribution is -0.688. The first-order chi connectivity index (χ1) is 18.8. The molecule has 0 aliphatic carbocycles. The van der Waals surface area contributed by atoms with E-state index in [9.17, 15) is 24.6 Å². The molecule has 2 atom stereocenters. The van der Waals surface area contributed by atoms with Crippen LogP contribution in [0.5, 0.6) is 0 Å². The van der Waals surface area contributed by atoms with Gasteiger partial charge in [-0.05, 0) is 12.1 Å². The lowest BCUT2D eigenvalue weighted by Gasteiger charge is -2.50. The Hall–Kier alpha value is -4.28. The minimum Gasteiger partial charge on any atom is -0.543 e. The molecular weight excluding hydrogens is 548 g/mol. The van der Waals surface area contributed by atoms with Gasteiger partial charge in [-0.25, -0.2) is 9.55 Å². The normalized spacial score (nSPS) is 19.0. The number of anilines is 1. The zero-order valence-corrected chi connectivity index (χ0v) is 22.0. The average molecular weight is 571 g/mol. The van der Waals surface area contributed by atoms with Gasteiger partial charge in [0.15, 0.2) is 29.8 Å². The van der Waals surface area contributed by atoms with E-state index in [0.29, 0.717) is 22.7 Å². The number of hydrogen-bond donors (Lipinski definition) is 4. The monoisotopic (exact) mass is 570 g/mol. The molecule has 0 saturated carbocycles. The van der Waals surface area contributed by atoms with Gasteiger partial charge in [0.1, 0.15) is 24.2 Å². The predicted octanol–water partition coefficient (Wildman–Crippen LogP) is -1.65. The van der Waals surface area contributed by atoms with Gasteiger partial charge in [-0.3, -0.25) is 19.6 Å². The highest BCUT2D eigenvalue weighted by Gasteiger charge is 2.53. The number of carbonyl (C=O) groups is 3. The summed E-state index contributed by atoms with van der Waals surface area (Å²) in [6.07, 6.45) is 3.56. The number of aromatic nitrogens is 4. The van der Waals surface area contributed by atoms with E-state index in [1.54, 1.807) is 29.1 Å². The molecule has 1 saturated heterocycles. The van der Waals surface area contributed by atoms with E-state index in [1.807, 2.05) is 6.07 Å². The molecule has 1 fully saturated rings. The lowest BCUT2D eigenvalue weighted by atomic mass is 10.0. The molecule has 2 amide bonds. The summed E-state index contributed by atoms with van der Waals surface area (Å²) >= 11 is 2.44. The summed E-state index contributed by atoms with van der Waals surface area (Å²) in [7, 11) is 1.27. The molecule has 5 N–H and O–H groups in total. The van der Waals surface area contributed by atoms with Crippen LogP contribution < -0.4 is 20.7 Å². The number of thiazole rings is 1. The number of aliphatic hydroxyl groups is 1. The maximum atomic E-state index is 13.1. The van der Waals surface area contributed by atoms with E-state index in [1.165, 1.54) is 24.3 Å². The molecule has 39 heavy (non-hydrogen) atoms. The summed E-state index contributed by atoms with van der Waals surface area (Å²) in [5.74, 6) is -2.48. The van der Waals surface area contributed by atoms with Crippen molar-refractivity contribution in [2.75, 3.05) is 18.6 Å². The standard InChI is InChI=1S/C23H22N8O6S2/c1-37-29-16(15-10-39-23(24)25-15)19(33)26-17-20(34)31-18(22(35)36)12(9-38-21(17)31)7-30-4-2-3-11(6-30)14-5-13(8-32)27-28-14/h2-6,10,17,21,32H,7-9H2,1H3,(H4-,24,25,26,27,28,33,35,36)/b29-16+/t17-,21-/m1/s1. The Kier molecular flexibility index (Phi) is 7.32. The predicted molar refractivity (Wildman–Crippen MR) is 137 cm³/mol. The van der Waals surface area contributed by atoms with Crippen LogP contribution >= 0.6 is 23.1 Å². The molecule has 0 radical (unpaired) electrons. The maximum Gasteiger partial charge on any atom is 0.276 e. The van der Waals surface area contributed by atoms with Crippen molar-refractivity contribution in [3.63, 3.8) is 0 Å². The topological polar surface area (TPSA) is 203 Å². The number of rotatable bonds is 9. The van der Waals surface area contributed by atoms with Crippen molar-refractivity contribution in [2.45, 2.75) is 24.6 Å². The molecule has 0 bridgehead atoms. The van der Waals surface area contributed by atoms with Crippen LogP contribution in [0.25, 0.3) is 11.3 Å². The van der Waals surface area contributed by atoms with E-state index < -0.39 is 29.2 Å². The van der Waals surface area contributed by atoms with E-state index in [-0.39, 0.29) is 35.4 Å². The van der Waals surface area contributed by atoms with Crippen LogP contribution in [0.3, 0.4) is 0 Å². The number of nitrogen functional groups attached to an aromatic ring is 1. The number of nitrogens with zero attached hydrogens (tertiary/aromatic N) is 5. The second-order valence-corrected chi connectivity index (χ2v) is 10.5. The number of H-pyrrole nitrogens is 1. The number of aromatic amines is 1. The van der Waals surface area contributed by atoms with Gasteiger partial charge < -0.3 is 30.9 Å². The van der Waals surface area contributed by atoms with Crippen LogP contribution in [-0.2, 0) is 32.4 Å². The van der Waals surface area contributed by atoms with Gasteiger partial charge in [0.05, 0.1) is 35.2 Å². The minimum atomic E-state index is -1.48. The molecule has 16 heteroatoms. The second kappa shape index (κ2) is 10.8. The van der Waals surface area contributed by atoms with Crippen LogP contribution in [0.4, 0.5) is 5.13 Å². The number of aliphatic hydroxyl groups excluding tert-OH is 1. The van der Waals surface area contributed by atoms with Gasteiger partial charge in [0, 0.05) is 22.8 Å². The van der Waals surface area contributed by atoms with E-state index in [0.717, 1.165) is 21.8 Å².